The molecule has 0 atom stereocenters. The van der Waals surface area contributed by atoms with Crippen molar-refractivity contribution in [2.45, 2.75) is 45.8 Å². The molecule has 2 aromatic rings. The molecule has 1 saturated heterocycles. The number of likely N-dealkylation sites (tertiary alicyclic amines) is 1. The summed E-state index contributed by atoms with van der Waals surface area (Å²) in [6.07, 6.45) is 1.34. The highest BCUT2D eigenvalue weighted by molar-refractivity contribution is 6.49. The second-order valence-electron chi connectivity index (χ2n) is 9.47. The molecule has 1 N–H and O–H groups in total. The molecule has 0 saturated carbocycles. The monoisotopic (exact) mass is 485 g/mol. The second-order valence-corrected chi connectivity index (χ2v) is 9.85. The molecule has 1 heterocycles. The second kappa shape index (κ2) is 10.7. The van der Waals surface area contributed by atoms with Crippen LogP contribution < -0.4 is 9.47 Å². The van der Waals surface area contributed by atoms with Crippen LogP contribution in [0.25, 0.3) is 5.03 Å². The third kappa shape index (κ3) is 5.86. The smallest absolute Gasteiger partial charge is 0.496 e. The number of ether oxygens (including phenoxy) is 3. The van der Waals surface area contributed by atoms with Crippen LogP contribution in [0.5, 0.6) is 11.5 Å². The van der Waals surface area contributed by atoms with Gasteiger partial charge in [-0.25, -0.2) is 4.79 Å². The maximum atomic E-state index is 10.6. The molecule has 4 rings (SSSR count). The van der Waals surface area contributed by atoms with Gasteiger partial charge in [0.25, 0.3) is 0 Å². The molecule has 1 aliphatic carbocycles. The minimum Gasteiger partial charge on any atom is -0.496 e. The van der Waals surface area contributed by atoms with Crippen molar-refractivity contribution in [3.05, 3.63) is 64.2 Å². The van der Waals surface area contributed by atoms with Crippen molar-refractivity contribution >= 4 is 22.8 Å². The van der Waals surface area contributed by atoms with Crippen molar-refractivity contribution in [3.63, 3.8) is 0 Å². The minimum absolute atomic E-state index is 0.238. The molecular formula is C27H32ClNO5. The first-order chi connectivity index (χ1) is 16.3. The van der Waals surface area contributed by atoms with Crippen molar-refractivity contribution in [1.29, 1.82) is 0 Å². The van der Waals surface area contributed by atoms with E-state index in [-0.39, 0.29) is 6.10 Å². The highest BCUT2D eigenvalue weighted by atomic mass is 35.5. The van der Waals surface area contributed by atoms with Crippen LogP contribution in [-0.2, 0) is 24.2 Å². The lowest BCUT2D eigenvalue weighted by Gasteiger charge is -2.38. The van der Waals surface area contributed by atoms with Gasteiger partial charge in [0.05, 0.1) is 7.11 Å². The Morgan fingerprint density at radius 2 is 1.97 bits per heavy atom. The summed E-state index contributed by atoms with van der Waals surface area (Å²) in [6.45, 7) is 6.82. The van der Waals surface area contributed by atoms with Crippen LogP contribution in [0, 0.1) is 5.92 Å². The fourth-order valence-corrected chi connectivity index (χ4v) is 4.96. The Labute approximate surface area is 206 Å². The van der Waals surface area contributed by atoms with Crippen molar-refractivity contribution in [3.8, 4) is 11.5 Å². The predicted octanol–water partition coefficient (Wildman–Crippen LogP) is 5.75. The molecule has 0 spiro atoms. The molecule has 2 aromatic carbocycles. The van der Waals surface area contributed by atoms with Crippen molar-refractivity contribution in [2.75, 3.05) is 26.7 Å². The minimum atomic E-state index is -1.21. The van der Waals surface area contributed by atoms with Gasteiger partial charge >= 0.3 is 6.16 Å². The summed E-state index contributed by atoms with van der Waals surface area (Å²) in [6, 6.07) is 12.4. The van der Waals surface area contributed by atoms with Crippen LogP contribution >= 0.6 is 11.6 Å². The number of fused-ring (bicyclic) bond motifs is 1. The molecule has 182 valence electrons. The van der Waals surface area contributed by atoms with E-state index in [1.807, 2.05) is 12.1 Å². The third-order valence-corrected chi connectivity index (χ3v) is 6.79. The molecule has 0 aromatic heterocycles. The van der Waals surface area contributed by atoms with Gasteiger partial charge in [-0.1, -0.05) is 37.6 Å². The normalized spacial score (nSPS) is 16.3. The maximum absolute atomic E-state index is 10.6. The van der Waals surface area contributed by atoms with Crippen LogP contribution in [0.2, 0.25) is 0 Å². The summed E-state index contributed by atoms with van der Waals surface area (Å²) < 4.78 is 16.5. The van der Waals surface area contributed by atoms with Gasteiger partial charge in [-0.05, 0) is 71.7 Å². The van der Waals surface area contributed by atoms with Gasteiger partial charge < -0.3 is 19.3 Å². The fraction of sp³-hybridized carbons (Fsp3) is 0.444. The van der Waals surface area contributed by atoms with Crippen molar-refractivity contribution in [1.82, 2.24) is 4.90 Å². The van der Waals surface area contributed by atoms with Gasteiger partial charge in [0, 0.05) is 30.2 Å². The molecule has 6 nitrogen and oxygen atoms in total. The maximum Gasteiger partial charge on any atom is 0.506 e. The molecule has 7 heteroatoms. The number of rotatable bonds is 9. The summed E-state index contributed by atoms with van der Waals surface area (Å²) in [7, 11) is 1.70. The molecule has 0 amide bonds. The standard InChI is InChI=1S/C27H32ClNO5/c1-17(2)10-18-4-5-21(25(11-18)32-3)16-33-22-8-9-24-19(12-22)6-7-20(26(24)28)13-29-14-23(15-29)34-27(30)31/h4-5,8-9,11-12,17,23H,6-7,10,13-16H2,1-3H3,(H,30,31). The van der Waals surface area contributed by atoms with Gasteiger partial charge in [0.2, 0.25) is 0 Å². The van der Waals surface area contributed by atoms with Gasteiger partial charge in [-0.3, -0.25) is 4.90 Å². The average molecular weight is 486 g/mol. The summed E-state index contributed by atoms with van der Waals surface area (Å²) in [5.74, 6) is 2.27. The van der Waals surface area contributed by atoms with Gasteiger partial charge in [0.15, 0.2) is 0 Å². The molecule has 0 bridgehead atoms. The highest BCUT2D eigenvalue weighted by Gasteiger charge is 2.31. The number of aryl methyl sites for hydroxylation is 1. The SMILES string of the molecule is COc1cc(CC(C)C)ccc1COc1ccc2c(c1)CCC(CN1CC(OC(=O)O)C1)=C2Cl. The van der Waals surface area contributed by atoms with E-state index in [0.29, 0.717) is 25.6 Å². The highest BCUT2D eigenvalue weighted by Crippen LogP contribution is 2.37. The topological polar surface area (TPSA) is 68.2 Å². The largest absolute Gasteiger partial charge is 0.506 e. The average Bonchev–Trinajstić information content (AvgIpc) is 2.77. The zero-order chi connectivity index (χ0) is 24.2. The number of halogens is 1. The van der Waals surface area contributed by atoms with E-state index < -0.39 is 6.16 Å². The van der Waals surface area contributed by atoms with Crippen LogP contribution in [0.3, 0.4) is 0 Å². The van der Waals surface area contributed by atoms with Crippen molar-refractivity contribution in [2.24, 2.45) is 5.92 Å². The third-order valence-electron chi connectivity index (χ3n) is 6.32. The predicted molar refractivity (Wildman–Crippen MR) is 133 cm³/mol. The van der Waals surface area contributed by atoms with Gasteiger partial charge in [0.1, 0.15) is 24.2 Å². The molecular weight excluding hydrogens is 454 g/mol. The zero-order valence-corrected chi connectivity index (χ0v) is 20.7. The lowest BCUT2D eigenvalue weighted by atomic mass is 9.91. The molecule has 1 aliphatic heterocycles. The quantitative estimate of drug-likeness (QED) is 0.456. The van der Waals surface area contributed by atoms with Crippen LogP contribution in [0.4, 0.5) is 4.79 Å². The van der Waals surface area contributed by atoms with Crippen molar-refractivity contribution < 1.29 is 24.1 Å². The summed E-state index contributed by atoms with van der Waals surface area (Å²) in [4.78, 5) is 12.8. The van der Waals surface area contributed by atoms with E-state index >= 15 is 0 Å². The van der Waals surface area contributed by atoms with Gasteiger partial charge in [-0.15, -0.1) is 0 Å². The Kier molecular flexibility index (Phi) is 7.69. The number of hydrogen-bond acceptors (Lipinski definition) is 5. The Balaban J connectivity index is 1.38. The molecule has 0 radical (unpaired) electrons. The Bertz CT molecular complexity index is 1070. The Morgan fingerprint density at radius 1 is 1.18 bits per heavy atom. The van der Waals surface area contributed by atoms with E-state index in [1.165, 1.54) is 16.7 Å². The number of methoxy groups -OCH3 is 1. The van der Waals surface area contributed by atoms with E-state index in [0.717, 1.165) is 53.5 Å². The Hall–Kier alpha value is -2.70. The number of benzene rings is 2. The van der Waals surface area contributed by atoms with E-state index in [4.69, 9.17) is 30.9 Å². The first kappa shape index (κ1) is 24.4. The summed E-state index contributed by atoms with van der Waals surface area (Å²) in [5.41, 5.74) is 5.70. The fourth-order valence-electron chi connectivity index (χ4n) is 4.62. The van der Waals surface area contributed by atoms with Gasteiger partial charge in [-0.2, -0.15) is 0 Å². The molecule has 2 aliphatic rings. The number of hydrogen-bond donors (Lipinski definition) is 1. The molecule has 1 fully saturated rings. The summed E-state index contributed by atoms with van der Waals surface area (Å²) >= 11 is 6.74. The molecule has 0 unspecified atom stereocenters. The first-order valence-electron chi connectivity index (χ1n) is 11.7. The van der Waals surface area contributed by atoms with E-state index in [2.05, 4.69) is 43.0 Å². The Morgan fingerprint density at radius 3 is 2.68 bits per heavy atom. The van der Waals surface area contributed by atoms with Crippen LogP contribution in [0.1, 0.15) is 42.5 Å². The van der Waals surface area contributed by atoms with Crippen LogP contribution in [-0.4, -0.2) is 49.0 Å². The van der Waals surface area contributed by atoms with E-state index in [1.54, 1.807) is 7.11 Å². The first-order valence-corrected chi connectivity index (χ1v) is 12.1. The number of nitrogens with zero attached hydrogens (tertiary/aromatic N) is 1. The lowest BCUT2D eigenvalue weighted by molar-refractivity contribution is -0.0292. The number of carboxylic acid groups (broad SMARTS) is 1. The lowest BCUT2D eigenvalue weighted by Crippen LogP contribution is -2.53. The zero-order valence-electron chi connectivity index (χ0n) is 20.0. The van der Waals surface area contributed by atoms with E-state index in [9.17, 15) is 4.79 Å². The summed E-state index contributed by atoms with van der Waals surface area (Å²) in [5, 5.41) is 9.50. The van der Waals surface area contributed by atoms with Crippen LogP contribution in [0.15, 0.2) is 42.0 Å². The number of carbonyl (C=O) groups is 1. The molecule has 34 heavy (non-hydrogen) atoms.